The number of anilines is 9. The molecular weight excluding hydrogens is 885 g/mol. The maximum Gasteiger partial charge on any atom is 4.00 e. The van der Waals surface area contributed by atoms with Gasteiger partial charge in [0.05, 0.1) is 34.1 Å². The molecule has 9 nitrogen and oxygen atoms in total. The summed E-state index contributed by atoms with van der Waals surface area (Å²) in [7, 11) is 36.3. The van der Waals surface area contributed by atoms with E-state index in [2.05, 4.69) is 238 Å². The van der Waals surface area contributed by atoms with E-state index in [1.54, 1.807) is 0 Å². The van der Waals surface area contributed by atoms with Gasteiger partial charge in [0.15, 0.2) is 8.07 Å². The molecular formula is C48H78Cl3N9SiTi. The Labute approximate surface area is 412 Å². The van der Waals surface area contributed by atoms with Crippen molar-refractivity contribution in [1.29, 1.82) is 0 Å². The molecule has 0 atom stereocenters. The van der Waals surface area contributed by atoms with Crippen LogP contribution in [0.15, 0.2) is 18.2 Å². The minimum atomic E-state index is -3.52. The van der Waals surface area contributed by atoms with Crippen molar-refractivity contribution in [3.8, 4) is 0 Å². The molecule has 0 aliphatic heterocycles. The summed E-state index contributed by atoms with van der Waals surface area (Å²) in [5.41, 5.74) is 20.7. The van der Waals surface area contributed by atoms with Crippen molar-refractivity contribution in [1.82, 2.24) is 0 Å². The van der Waals surface area contributed by atoms with Gasteiger partial charge in [0.1, 0.15) is 0 Å². The largest absolute Gasteiger partial charge is 4.00 e. The number of rotatable bonds is 13. The summed E-state index contributed by atoms with van der Waals surface area (Å²) in [5, 5.41) is 5.80. The Morgan fingerprint density at radius 1 is 0.339 bits per heavy atom. The monoisotopic (exact) mass is 961 g/mol. The van der Waals surface area contributed by atoms with Gasteiger partial charge in [0.25, 0.3) is 0 Å². The van der Waals surface area contributed by atoms with Crippen LogP contribution in [0.2, 0.25) is 0 Å². The van der Waals surface area contributed by atoms with E-state index in [1.165, 1.54) is 111 Å². The van der Waals surface area contributed by atoms with Crippen LogP contribution in [0.25, 0.3) is 0 Å². The first-order chi connectivity index (χ1) is 26.7. The molecule has 0 saturated heterocycles. The molecule has 0 bridgehead atoms. The zero-order valence-electron chi connectivity index (χ0n) is 42.9. The average Bonchev–Trinajstić information content (AvgIpc) is 3.29. The Morgan fingerprint density at radius 2 is 0.565 bits per heavy atom. The van der Waals surface area contributed by atoms with Gasteiger partial charge >= 0.3 is 21.7 Å². The molecule has 4 rings (SSSR count). The third kappa shape index (κ3) is 9.53. The van der Waals surface area contributed by atoms with Crippen LogP contribution in [0, 0.1) is 48.5 Å². The van der Waals surface area contributed by atoms with Crippen molar-refractivity contribution in [3.05, 3.63) is 57.1 Å². The number of halogens is 3. The summed E-state index contributed by atoms with van der Waals surface area (Å²) in [6.07, 6.45) is 0. The van der Waals surface area contributed by atoms with E-state index in [0.717, 1.165) is 0 Å². The normalized spacial score (nSPS) is 10.8. The van der Waals surface area contributed by atoms with Gasteiger partial charge in [-0.2, -0.15) is 27.4 Å². The van der Waals surface area contributed by atoms with E-state index in [4.69, 9.17) is 0 Å². The summed E-state index contributed by atoms with van der Waals surface area (Å²) in [5.74, 6) is 0. The van der Waals surface area contributed by atoms with Gasteiger partial charge in [-0.3, -0.25) is 0 Å². The molecule has 4 aromatic rings. The van der Waals surface area contributed by atoms with E-state index in [0.29, 0.717) is 0 Å². The molecule has 344 valence electrons. The van der Waals surface area contributed by atoms with Crippen molar-refractivity contribution in [2.24, 2.45) is 0 Å². The van der Waals surface area contributed by atoms with Crippen molar-refractivity contribution in [2.75, 3.05) is 171 Å². The molecule has 14 heteroatoms. The van der Waals surface area contributed by atoms with Gasteiger partial charge in [-0.05, 0) is 71.2 Å². The maximum absolute atomic E-state index is 3.52. The minimum absolute atomic E-state index is 0. The molecule has 0 spiro atoms. The smallest absolute Gasteiger partial charge is 1.00 e. The standard InChI is InChI=1S/C48H78N9Si.3ClH.Ti/c1-29-30(2)32(4)45(31(29)3)58(46-33(5)42(55(20)21)36(49(8)9)26-39(46)52(14)15,47-34(6)43(56(22)23)37(50(10)11)27-40(47)53(16)17)48-35(7)44(57(24)25)38(51(12)13)28-41(48)54(18)19;;;;/h26-28H,1-25H3;3*1H;/q-1;;;;+4/p-3. The van der Waals surface area contributed by atoms with E-state index >= 15 is 0 Å². The van der Waals surface area contributed by atoms with Crippen LogP contribution in [0.5, 0.6) is 0 Å². The second-order valence-corrected chi connectivity index (χ2v) is 22.0. The second kappa shape index (κ2) is 21.8. The summed E-state index contributed by atoms with van der Waals surface area (Å²) in [6, 6.07) is 7.43. The van der Waals surface area contributed by atoms with Crippen molar-refractivity contribution in [2.45, 2.75) is 48.5 Å². The Kier molecular flexibility index (Phi) is 20.7. The topological polar surface area (TPSA) is 29.2 Å². The van der Waals surface area contributed by atoms with Gasteiger partial charge in [-0.15, -0.1) is 0 Å². The van der Waals surface area contributed by atoms with Crippen LogP contribution in [-0.2, 0) is 21.7 Å². The zero-order valence-corrected chi connectivity index (χ0v) is 47.7. The molecule has 0 fully saturated rings. The van der Waals surface area contributed by atoms with Gasteiger partial charge in [-0.25, -0.2) is 0 Å². The fourth-order valence-corrected chi connectivity index (χ4v) is 17.1. The summed E-state index contributed by atoms with van der Waals surface area (Å²) in [4.78, 5) is 21.1. The second-order valence-electron chi connectivity index (χ2n) is 18.5. The van der Waals surface area contributed by atoms with E-state index in [9.17, 15) is 0 Å². The van der Waals surface area contributed by atoms with Crippen molar-refractivity contribution >= 4 is 80.0 Å². The van der Waals surface area contributed by atoms with Crippen LogP contribution in [0.3, 0.4) is 0 Å². The molecule has 0 unspecified atom stereocenters. The Morgan fingerprint density at radius 3 is 0.726 bits per heavy atom. The molecule has 0 heterocycles. The summed E-state index contributed by atoms with van der Waals surface area (Å²) < 4.78 is 0. The predicted octanol–water partition coefficient (Wildman–Crippen LogP) is -3.45. The number of hydrogen-bond acceptors (Lipinski definition) is 9. The molecule has 0 aliphatic carbocycles. The molecule has 0 N–H and O–H groups in total. The van der Waals surface area contributed by atoms with Crippen LogP contribution in [-0.4, -0.2) is 135 Å². The third-order valence-corrected chi connectivity index (χ3v) is 18.3. The van der Waals surface area contributed by atoms with Gasteiger partial charge in [0, 0.05) is 144 Å². The first-order valence-corrected chi connectivity index (χ1v) is 22.5. The molecule has 4 aromatic carbocycles. The number of benzene rings is 3. The number of nitrogens with zero attached hydrogens (tertiary/aromatic N) is 9. The van der Waals surface area contributed by atoms with Gasteiger partial charge in [0.2, 0.25) is 0 Å². The first kappa shape index (κ1) is 59.0. The maximum atomic E-state index is 2.48. The Bertz CT molecular complexity index is 1970. The van der Waals surface area contributed by atoms with Gasteiger partial charge < -0.3 is 81.3 Å². The first-order valence-electron chi connectivity index (χ1n) is 20.5. The number of hydrogen-bond donors (Lipinski definition) is 0. The summed E-state index contributed by atoms with van der Waals surface area (Å²) in [6.45, 7) is 16.8. The van der Waals surface area contributed by atoms with Crippen LogP contribution < -0.4 is 102 Å². The molecule has 0 aromatic heterocycles. The minimum Gasteiger partial charge on any atom is -1.00 e. The van der Waals surface area contributed by atoms with Crippen LogP contribution >= 0.6 is 0 Å². The fraction of sp³-hybridized carbons (Fsp3) is 0.521. The quantitative estimate of drug-likeness (QED) is 0.0773. The Hall–Kier alpha value is -2.99. The van der Waals surface area contributed by atoms with Crippen LogP contribution in [0.4, 0.5) is 51.2 Å². The van der Waals surface area contributed by atoms with Crippen molar-refractivity contribution in [3.63, 3.8) is 0 Å². The predicted molar refractivity (Wildman–Crippen MR) is 268 cm³/mol. The molecule has 0 amide bonds. The molecule has 0 aliphatic rings. The van der Waals surface area contributed by atoms with Crippen molar-refractivity contribution < 1.29 is 58.9 Å². The van der Waals surface area contributed by atoms with Gasteiger partial charge in [-0.1, -0.05) is 27.7 Å². The molecule has 0 saturated carbocycles. The van der Waals surface area contributed by atoms with E-state index in [-0.39, 0.29) is 58.9 Å². The molecule has 62 heavy (non-hydrogen) atoms. The van der Waals surface area contributed by atoms with E-state index < -0.39 is 8.07 Å². The fourth-order valence-electron chi connectivity index (χ4n) is 10.0. The van der Waals surface area contributed by atoms with E-state index in [1.807, 2.05) is 0 Å². The van der Waals surface area contributed by atoms with Crippen LogP contribution in [0.1, 0.15) is 38.9 Å². The third-order valence-electron chi connectivity index (χ3n) is 12.7. The summed E-state index contributed by atoms with van der Waals surface area (Å²) >= 11 is 0. The SMILES string of the molecule is Cc1c(N(C)C)c(N(C)C)cc(N(C)C)c1[Si](c1c(N(C)C)cc(N(C)C)c(N(C)C)c1C)(c1c(N(C)C)cc(N(C)C)c(N(C)C)c1C)c1c(C)c(C)c(C)[c-]1C.[Cl-].[Cl-].[Cl-].[Ti+4]. The average molecular weight is 964 g/mol. The zero-order chi connectivity index (χ0) is 44.4. The Balaban J connectivity index is 0.00000930. The molecule has 0 radical (unpaired) electrons.